The molecule has 0 spiro atoms. The second kappa shape index (κ2) is 10.3. The Morgan fingerprint density at radius 3 is 1.91 bits per heavy atom. The number of H-pyrrole nitrogens is 4. The van der Waals surface area contributed by atoms with E-state index >= 15 is 0 Å². The summed E-state index contributed by atoms with van der Waals surface area (Å²) >= 11 is 0. The van der Waals surface area contributed by atoms with Crippen LogP contribution in [0.1, 0.15) is 46.5 Å². The van der Waals surface area contributed by atoms with Crippen molar-refractivity contribution < 1.29 is 9.47 Å². The fourth-order valence-corrected chi connectivity index (χ4v) is 3.91. The van der Waals surface area contributed by atoms with Crippen LogP contribution in [0.5, 0.6) is 11.5 Å². The summed E-state index contributed by atoms with van der Waals surface area (Å²) in [5.41, 5.74) is 3.56. The quantitative estimate of drug-likeness (QED) is 0.312. The summed E-state index contributed by atoms with van der Waals surface area (Å²) in [6, 6.07) is 15.4. The van der Waals surface area contributed by atoms with Crippen LogP contribution in [0.3, 0.4) is 0 Å². The maximum absolute atomic E-state index is 12.6. The van der Waals surface area contributed by atoms with Crippen LogP contribution in [0.15, 0.2) is 58.1 Å². The Bertz CT molecular complexity index is 1270. The first-order valence-corrected chi connectivity index (χ1v) is 10.5. The fraction of sp³-hybridized carbons (Fsp3) is 0.250. The molecular formula is C24H27ClN4O4. The molecule has 0 fully saturated rings. The first-order chi connectivity index (χ1) is 15.5. The summed E-state index contributed by atoms with van der Waals surface area (Å²) in [5.74, 6) is 0.570. The van der Waals surface area contributed by atoms with Crippen molar-refractivity contribution in [3.63, 3.8) is 0 Å². The number of ether oxygens (including phenoxy) is 2. The van der Waals surface area contributed by atoms with Crippen LogP contribution in [0, 0.1) is 13.8 Å². The monoisotopic (exact) mass is 470 g/mol. The molecule has 0 bridgehead atoms. The maximum Gasteiger partial charge on any atom is 0.268 e. The Kier molecular flexibility index (Phi) is 7.50. The van der Waals surface area contributed by atoms with E-state index in [1.165, 1.54) is 0 Å². The third-order valence-electron chi connectivity index (χ3n) is 5.44. The molecule has 0 saturated carbocycles. The van der Waals surface area contributed by atoms with Gasteiger partial charge in [0.1, 0.15) is 6.61 Å². The average molecular weight is 471 g/mol. The molecular weight excluding hydrogens is 444 g/mol. The number of hydrogen-bond donors (Lipinski definition) is 4. The van der Waals surface area contributed by atoms with Gasteiger partial charge in [0.25, 0.3) is 11.1 Å². The van der Waals surface area contributed by atoms with Crippen molar-refractivity contribution in [2.75, 3.05) is 6.61 Å². The minimum absolute atomic E-state index is 0. The summed E-state index contributed by atoms with van der Waals surface area (Å²) in [6.07, 6.45) is 0. The van der Waals surface area contributed by atoms with Gasteiger partial charge in [0, 0.05) is 17.3 Å². The van der Waals surface area contributed by atoms with Crippen molar-refractivity contribution >= 4 is 12.4 Å². The van der Waals surface area contributed by atoms with Gasteiger partial charge in [-0.05, 0) is 44.0 Å². The molecule has 9 heteroatoms. The molecule has 0 unspecified atom stereocenters. The Labute approximate surface area is 196 Å². The molecule has 33 heavy (non-hydrogen) atoms. The van der Waals surface area contributed by atoms with E-state index in [4.69, 9.17) is 9.47 Å². The summed E-state index contributed by atoms with van der Waals surface area (Å²) in [7, 11) is 0. The van der Waals surface area contributed by atoms with Gasteiger partial charge in [-0.15, -0.1) is 12.4 Å². The zero-order valence-corrected chi connectivity index (χ0v) is 19.5. The Hall–Kier alpha value is -3.65. The van der Waals surface area contributed by atoms with E-state index in [2.05, 4.69) is 20.4 Å². The van der Waals surface area contributed by atoms with Gasteiger partial charge in [0.2, 0.25) is 0 Å². The minimum atomic E-state index is -0.581. The molecule has 4 aromatic rings. The zero-order chi connectivity index (χ0) is 22.7. The number of benzene rings is 2. The molecule has 4 rings (SSSR count). The van der Waals surface area contributed by atoms with Crippen molar-refractivity contribution in [2.24, 2.45) is 0 Å². The van der Waals surface area contributed by atoms with Crippen molar-refractivity contribution in [1.29, 1.82) is 0 Å². The van der Waals surface area contributed by atoms with Crippen LogP contribution in [0.2, 0.25) is 0 Å². The van der Waals surface area contributed by atoms with E-state index in [-0.39, 0.29) is 23.5 Å². The molecule has 0 atom stereocenters. The molecule has 0 aliphatic rings. The number of hydrogen-bond acceptors (Lipinski definition) is 4. The van der Waals surface area contributed by atoms with Gasteiger partial charge in [-0.1, -0.05) is 36.4 Å². The van der Waals surface area contributed by atoms with Crippen LogP contribution < -0.4 is 20.6 Å². The van der Waals surface area contributed by atoms with E-state index in [0.717, 1.165) is 11.1 Å². The standard InChI is InChI=1S/C24H26N4O4.ClH/c1-4-31-19-12-17(10-11-18(19)32-13-16-8-6-5-7-9-16)22(20-14(2)25-27-23(20)29)21-15(3)26-28-24(21)30;/h5-12,22H,4,13H2,1-3H3,(H2,25,27,29)(H2,26,28,30);1H. The van der Waals surface area contributed by atoms with Crippen LogP contribution >= 0.6 is 12.4 Å². The molecule has 2 aromatic carbocycles. The Balaban J connectivity index is 0.00000306. The average Bonchev–Trinajstić information content (AvgIpc) is 3.30. The molecule has 174 valence electrons. The lowest BCUT2D eigenvalue weighted by Crippen LogP contribution is -2.20. The van der Waals surface area contributed by atoms with Gasteiger partial charge < -0.3 is 19.7 Å². The van der Waals surface area contributed by atoms with E-state index < -0.39 is 5.92 Å². The smallest absolute Gasteiger partial charge is 0.268 e. The summed E-state index contributed by atoms with van der Waals surface area (Å²) in [4.78, 5) is 25.3. The zero-order valence-electron chi connectivity index (χ0n) is 18.7. The summed E-state index contributed by atoms with van der Waals surface area (Å²) < 4.78 is 11.9. The molecule has 0 aliphatic carbocycles. The van der Waals surface area contributed by atoms with Gasteiger partial charge in [0.05, 0.1) is 17.7 Å². The van der Waals surface area contributed by atoms with E-state index in [1.54, 1.807) is 13.8 Å². The van der Waals surface area contributed by atoms with Crippen LogP contribution in [0.4, 0.5) is 0 Å². The van der Waals surface area contributed by atoms with E-state index in [1.807, 2.05) is 55.5 Å². The highest BCUT2D eigenvalue weighted by atomic mass is 35.5. The normalized spacial score (nSPS) is 10.8. The maximum atomic E-state index is 12.6. The number of aryl methyl sites for hydroxylation is 2. The first-order valence-electron chi connectivity index (χ1n) is 10.5. The van der Waals surface area contributed by atoms with Crippen LogP contribution in [0.25, 0.3) is 0 Å². The molecule has 4 N–H and O–H groups in total. The number of rotatable bonds is 8. The fourth-order valence-electron chi connectivity index (χ4n) is 3.91. The molecule has 2 aromatic heterocycles. The minimum Gasteiger partial charge on any atom is -0.490 e. The highest BCUT2D eigenvalue weighted by Gasteiger charge is 2.29. The van der Waals surface area contributed by atoms with Gasteiger partial charge in [-0.2, -0.15) is 0 Å². The highest BCUT2D eigenvalue weighted by Crippen LogP contribution is 2.37. The lowest BCUT2D eigenvalue weighted by Gasteiger charge is -2.19. The van der Waals surface area contributed by atoms with E-state index in [0.29, 0.717) is 47.2 Å². The SMILES string of the molecule is CCOc1cc(C(c2c(C)[nH][nH]c2=O)c2c(C)[nH][nH]c2=O)ccc1OCc1ccccc1.Cl. The Morgan fingerprint density at radius 2 is 1.39 bits per heavy atom. The third kappa shape index (κ3) is 4.90. The van der Waals surface area contributed by atoms with Crippen molar-refractivity contribution in [2.45, 2.75) is 33.3 Å². The van der Waals surface area contributed by atoms with Gasteiger partial charge >= 0.3 is 0 Å². The van der Waals surface area contributed by atoms with Crippen LogP contribution in [-0.2, 0) is 6.61 Å². The lowest BCUT2D eigenvalue weighted by atomic mass is 9.85. The number of halogens is 1. The van der Waals surface area contributed by atoms with E-state index in [9.17, 15) is 9.59 Å². The number of nitrogens with one attached hydrogen (secondary N) is 4. The van der Waals surface area contributed by atoms with Gasteiger partial charge in [-0.25, -0.2) is 0 Å². The van der Waals surface area contributed by atoms with Crippen LogP contribution in [-0.4, -0.2) is 27.0 Å². The molecule has 0 radical (unpaired) electrons. The largest absolute Gasteiger partial charge is 0.490 e. The molecule has 2 heterocycles. The Morgan fingerprint density at radius 1 is 0.788 bits per heavy atom. The van der Waals surface area contributed by atoms with Crippen molar-refractivity contribution in [1.82, 2.24) is 20.4 Å². The van der Waals surface area contributed by atoms with Gasteiger partial charge in [-0.3, -0.25) is 19.8 Å². The molecule has 0 aliphatic heterocycles. The highest BCUT2D eigenvalue weighted by molar-refractivity contribution is 5.85. The topological polar surface area (TPSA) is 116 Å². The van der Waals surface area contributed by atoms with Crippen molar-refractivity contribution in [3.8, 4) is 11.5 Å². The molecule has 0 amide bonds. The molecule has 8 nitrogen and oxygen atoms in total. The second-order valence-corrected chi connectivity index (χ2v) is 7.58. The number of aromatic nitrogens is 4. The first kappa shape index (κ1) is 24.0. The summed E-state index contributed by atoms with van der Waals surface area (Å²) in [6.45, 7) is 6.35. The predicted octanol–water partition coefficient (Wildman–Crippen LogP) is 3.92. The summed E-state index contributed by atoms with van der Waals surface area (Å²) in [5, 5.41) is 11.0. The third-order valence-corrected chi connectivity index (χ3v) is 5.44. The predicted molar refractivity (Wildman–Crippen MR) is 129 cm³/mol. The van der Waals surface area contributed by atoms with Gasteiger partial charge in [0.15, 0.2) is 11.5 Å². The number of aromatic amines is 4. The second-order valence-electron chi connectivity index (χ2n) is 7.58. The lowest BCUT2D eigenvalue weighted by molar-refractivity contribution is 0.269. The molecule has 0 saturated heterocycles. The van der Waals surface area contributed by atoms with Crippen molar-refractivity contribution in [3.05, 3.63) is 103 Å².